The molecule has 2 atom stereocenters. The van der Waals surface area contributed by atoms with Crippen molar-refractivity contribution in [1.82, 2.24) is 10.2 Å². The molecule has 2 saturated heterocycles. The number of hydrogen-bond acceptors (Lipinski definition) is 4. The van der Waals surface area contributed by atoms with Gasteiger partial charge in [0.05, 0.1) is 7.11 Å². The second-order valence-electron chi connectivity index (χ2n) is 5.67. The van der Waals surface area contributed by atoms with Gasteiger partial charge in [-0.1, -0.05) is 6.07 Å². The molecule has 0 amide bonds. The Balaban J connectivity index is 1.67. The molecule has 1 aromatic carbocycles. The molecule has 0 radical (unpaired) electrons. The van der Waals surface area contributed by atoms with Crippen molar-refractivity contribution in [2.45, 2.75) is 37.9 Å². The molecular weight excluding hydrogens is 240 g/mol. The quantitative estimate of drug-likeness (QED) is 0.871. The molecule has 2 aliphatic rings. The van der Waals surface area contributed by atoms with Crippen LogP contribution in [0.4, 0.5) is 0 Å². The van der Waals surface area contributed by atoms with Crippen molar-refractivity contribution in [3.63, 3.8) is 0 Å². The number of methoxy groups -OCH3 is 1. The van der Waals surface area contributed by atoms with Crippen molar-refractivity contribution in [1.29, 1.82) is 0 Å². The highest BCUT2D eigenvalue weighted by Crippen LogP contribution is 2.27. The van der Waals surface area contributed by atoms with Gasteiger partial charge in [-0.25, -0.2) is 0 Å². The topological polar surface area (TPSA) is 44.7 Å². The first kappa shape index (κ1) is 12.8. The standard InChI is InChI=1S/C15H22N2O2/c1-19-15-8-11(2-5-14(15)18)9-17-7-6-12-3-4-13(10-17)16-12/h2,5,8,12-13,16,18H,3-4,6-7,9-10H2,1H3. The summed E-state index contributed by atoms with van der Waals surface area (Å²) in [6.07, 6.45) is 3.89. The predicted molar refractivity (Wildman–Crippen MR) is 74.5 cm³/mol. The Bertz CT molecular complexity index is 450. The molecule has 2 unspecified atom stereocenters. The molecule has 0 spiro atoms. The number of nitrogens with one attached hydrogen (secondary N) is 1. The molecule has 19 heavy (non-hydrogen) atoms. The number of ether oxygens (including phenoxy) is 1. The van der Waals surface area contributed by atoms with Gasteiger partial charge in [0, 0.05) is 31.7 Å². The Kier molecular flexibility index (Phi) is 3.62. The van der Waals surface area contributed by atoms with Gasteiger partial charge in [-0.15, -0.1) is 0 Å². The second-order valence-corrected chi connectivity index (χ2v) is 5.67. The summed E-state index contributed by atoms with van der Waals surface area (Å²) in [4.78, 5) is 2.50. The fourth-order valence-electron chi connectivity index (χ4n) is 3.24. The first-order valence-corrected chi connectivity index (χ1v) is 7.09. The van der Waals surface area contributed by atoms with E-state index in [1.165, 1.54) is 24.8 Å². The minimum absolute atomic E-state index is 0.211. The lowest BCUT2D eigenvalue weighted by atomic mass is 10.1. The molecule has 4 nitrogen and oxygen atoms in total. The number of phenols is 1. The van der Waals surface area contributed by atoms with Crippen LogP contribution in [0.15, 0.2) is 18.2 Å². The molecule has 0 saturated carbocycles. The van der Waals surface area contributed by atoms with Gasteiger partial charge in [0.2, 0.25) is 0 Å². The van der Waals surface area contributed by atoms with Gasteiger partial charge in [0.15, 0.2) is 11.5 Å². The van der Waals surface area contributed by atoms with E-state index in [1.807, 2.05) is 12.1 Å². The highest BCUT2D eigenvalue weighted by atomic mass is 16.5. The predicted octanol–water partition coefficient (Wildman–Crippen LogP) is 1.73. The van der Waals surface area contributed by atoms with Gasteiger partial charge in [-0.05, 0) is 37.0 Å². The van der Waals surface area contributed by atoms with Crippen LogP contribution in [-0.2, 0) is 6.54 Å². The van der Waals surface area contributed by atoms with Crippen molar-refractivity contribution in [2.75, 3.05) is 20.2 Å². The van der Waals surface area contributed by atoms with E-state index < -0.39 is 0 Å². The molecular formula is C15H22N2O2. The number of likely N-dealkylation sites (tertiary alicyclic amines) is 1. The largest absolute Gasteiger partial charge is 0.504 e. The normalized spacial score (nSPS) is 27.2. The third-order valence-corrected chi connectivity index (χ3v) is 4.26. The Hall–Kier alpha value is -1.26. The Morgan fingerprint density at radius 2 is 2.16 bits per heavy atom. The van der Waals surface area contributed by atoms with Crippen molar-refractivity contribution in [3.05, 3.63) is 23.8 Å². The highest BCUT2D eigenvalue weighted by molar-refractivity contribution is 5.41. The van der Waals surface area contributed by atoms with Gasteiger partial charge >= 0.3 is 0 Å². The fourth-order valence-corrected chi connectivity index (χ4v) is 3.24. The summed E-state index contributed by atoms with van der Waals surface area (Å²) in [5.74, 6) is 0.773. The van der Waals surface area contributed by atoms with Gasteiger partial charge in [0.25, 0.3) is 0 Å². The molecule has 104 valence electrons. The maximum atomic E-state index is 9.62. The maximum absolute atomic E-state index is 9.62. The first-order chi connectivity index (χ1) is 9.24. The van der Waals surface area contributed by atoms with E-state index in [9.17, 15) is 5.11 Å². The molecule has 2 heterocycles. The van der Waals surface area contributed by atoms with Gasteiger partial charge in [-0.3, -0.25) is 4.90 Å². The highest BCUT2D eigenvalue weighted by Gasteiger charge is 2.29. The summed E-state index contributed by atoms with van der Waals surface area (Å²) in [6, 6.07) is 7.02. The molecule has 2 aliphatic heterocycles. The monoisotopic (exact) mass is 262 g/mol. The van der Waals surface area contributed by atoms with E-state index in [2.05, 4.69) is 10.2 Å². The van der Waals surface area contributed by atoms with Crippen LogP contribution in [0.1, 0.15) is 24.8 Å². The number of hydrogen-bond donors (Lipinski definition) is 2. The number of rotatable bonds is 3. The Morgan fingerprint density at radius 1 is 1.32 bits per heavy atom. The second kappa shape index (κ2) is 5.39. The van der Waals surface area contributed by atoms with Gasteiger partial charge in [0.1, 0.15) is 0 Å². The lowest BCUT2D eigenvalue weighted by Crippen LogP contribution is -2.34. The summed E-state index contributed by atoms with van der Waals surface area (Å²) in [6.45, 7) is 3.21. The van der Waals surface area contributed by atoms with Crippen LogP contribution in [0, 0.1) is 0 Å². The first-order valence-electron chi connectivity index (χ1n) is 7.09. The van der Waals surface area contributed by atoms with Gasteiger partial charge < -0.3 is 15.2 Å². The van der Waals surface area contributed by atoms with Crippen molar-refractivity contribution in [2.24, 2.45) is 0 Å². The third kappa shape index (κ3) is 2.85. The van der Waals surface area contributed by atoms with E-state index in [0.717, 1.165) is 25.7 Å². The molecule has 2 N–H and O–H groups in total. The summed E-state index contributed by atoms with van der Waals surface area (Å²) in [5.41, 5.74) is 1.20. The maximum Gasteiger partial charge on any atom is 0.160 e. The molecule has 1 aromatic rings. The van der Waals surface area contributed by atoms with Crippen LogP contribution in [0.2, 0.25) is 0 Å². The molecule has 2 bridgehead atoms. The van der Waals surface area contributed by atoms with Crippen LogP contribution in [0.5, 0.6) is 11.5 Å². The number of nitrogens with zero attached hydrogens (tertiary/aromatic N) is 1. The minimum Gasteiger partial charge on any atom is -0.504 e. The smallest absolute Gasteiger partial charge is 0.160 e. The Morgan fingerprint density at radius 3 is 3.00 bits per heavy atom. The zero-order valence-electron chi connectivity index (χ0n) is 11.4. The van der Waals surface area contributed by atoms with E-state index in [1.54, 1.807) is 13.2 Å². The summed E-state index contributed by atoms with van der Waals surface area (Å²) >= 11 is 0. The number of phenolic OH excluding ortho intramolecular Hbond substituents is 1. The zero-order chi connectivity index (χ0) is 13.2. The molecule has 2 fully saturated rings. The summed E-state index contributed by atoms with van der Waals surface area (Å²) in [7, 11) is 1.59. The minimum atomic E-state index is 0.211. The average Bonchev–Trinajstić information content (AvgIpc) is 2.75. The molecule has 0 aromatic heterocycles. The van der Waals surface area contributed by atoms with E-state index in [0.29, 0.717) is 11.8 Å². The van der Waals surface area contributed by atoms with Crippen LogP contribution < -0.4 is 10.1 Å². The number of aromatic hydroxyl groups is 1. The molecule has 3 rings (SSSR count). The van der Waals surface area contributed by atoms with E-state index in [4.69, 9.17) is 4.74 Å². The summed E-state index contributed by atoms with van der Waals surface area (Å²) < 4.78 is 5.17. The SMILES string of the molecule is COc1cc(CN2CCC3CCC(C2)N3)ccc1O. The van der Waals surface area contributed by atoms with Crippen LogP contribution in [0.25, 0.3) is 0 Å². The van der Waals surface area contributed by atoms with Crippen molar-refractivity contribution >= 4 is 0 Å². The van der Waals surface area contributed by atoms with E-state index in [-0.39, 0.29) is 5.75 Å². The lowest BCUT2D eigenvalue weighted by molar-refractivity contribution is 0.250. The number of fused-ring (bicyclic) bond motifs is 2. The van der Waals surface area contributed by atoms with Gasteiger partial charge in [-0.2, -0.15) is 0 Å². The zero-order valence-corrected chi connectivity index (χ0v) is 11.4. The number of benzene rings is 1. The van der Waals surface area contributed by atoms with Crippen molar-refractivity contribution < 1.29 is 9.84 Å². The van der Waals surface area contributed by atoms with Crippen molar-refractivity contribution in [3.8, 4) is 11.5 Å². The molecule has 0 aliphatic carbocycles. The third-order valence-electron chi connectivity index (χ3n) is 4.26. The molecule has 4 heteroatoms. The van der Waals surface area contributed by atoms with Crippen LogP contribution in [-0.4, -0.2) is 42.3 Å². The van der Waals surface area contributed by atoms with E-state index >= 15 is 0 Å². The lowest BCUT2D eigenvalue weighted by Gasteiger charge is -2.24. The van der Waals surface area contributed by atoms with Crippen LogP contribution >= 0.6 is 0 Å². The Labute approximate surface area is 114 Å². The average molecular weight is 262 g/mol. The summed E-state index contributed by atoms with van der Waals surface area (Å²) in [5, 5.41) is 13.3. The van der Waals surface area contributed by atoms with Crippen LogP contribution in [0.3, 0.4) is 0 Å². The fraction of sp³-hybridized carbons (Fsp3) is 0.600.